The highest BCUT2D eigenvalue weighted by Crippen LogP contribution is 2.38. The number of benzene rings is 2. The molecule has 5 nitrogen and oxygen atoms in total. The Morgan fingerprint density at radius 2 is 1.90 bits per heavy atom. The van der Waals surface area contributed by atoms with Gasteiger partial charge in [-0.3, -0.25) is 0 Å². The van der Waals surface area contributed by atoms with E-state index in [9.17, 15) is 8.78 Å². The van der Waals surface area contributed by atoms with Crippen molar-refractivity contribution in [2.75, 3.05) is 5.32 Å². The SMILES string of the molecule is CC(C)c1ccc(C2=C[C@H](c3cc(Br)ccc3OC(F)F)n3ncnc3N2)cc1. The van der Waals surface area contributed by atoms with Crippen LogP contribution in [0.4, 0.5) is 14.7 Å². The Hall–Kier alpha value is -2.74. The number of rotatable bonds is 5. The fourth-order valence-electron chi connectivity index (χ4n) is 3.32. The Bertz CT molecular complexity index is 1050. The van der Waals surface area contributed by atoms with Gasteiger partial charge >= 0.3 is 6.61 Å². The first-order valence-electron chi connectivity index (χ1n) is 9.15. The lowest BCUT2D eigenvalue weighted by molar-refractivity contribution is -0.0506. The minimum atomic E-state index is -2.92. The van der Waals surface area contributed by atoms with Gasteiger partial charge in [-0.05, 0) is 41.3 Å². The summed E-state index contributed by atoms with van der Waals surface area (Å²) in [4.78, 5) is 4.27. The van der Waals surface area contributed by atoms with Gasteiger partial charge in [-0.15, -0.1) is 0 Å². The summed E-state index contributed by atoms with van der Waals surface area (Å²) in [7, 11) is 0. The van der Waals surface area contributed by atoms with Crippen molar-refractivity contribution in [1.82, 2.24) is 14.8 Å². The lowest BCUT2D eigenvalue weighted by Crippen LogP contribution is -2.21. The Labute approximate surface area is 175 Å². The van der Waals surface area contributed by atoms with Gasteiger partial charge in [0.2, 0.25) is 5.95 Å². The van der Waals surface area contributed by atoms with Crippen LogP contribution in [-0.4, -0.2) is 21.4 Å². The molecule has 4 rings (SSSR count). The summed E-state index contributed by atoms with van der Waals surface area (Å²) in [5.74, 6) is 1.06. The lowest BCUT2D eigenvalue weighted by atomic mass is 9.98. The van der Waals surface area contributed by atoms with Gasteiger partial charge in [0, 0.05) is 15.7 Å². The fraction of sp³-hybridized carbons (Fsp3) is 0.238. The van der Waals surface area contributed by atoms with E-state index in [0.29, 0.717) is 17.4 Å². The molecule has 1 aromatic heterocycles. The van der Waals surface area contributed by atoms with Crippen molar-refractivity contribution in [1.29, 1.82) is 0 Å². The number of aromatic nitrogens is 3. The van der Waals surface area contributed by atoms with Crippen LogP contribution in [0.1, 0.15) is 42.5 Å². The summed E-state index contributed by atoms with van der Waals surface area (Å²) in [5.41, 5.74) is 3.60. The summed E-state index contributed by atoms with van der Waals surface area (Å²) in [6, 6.07) is 12.7. The summed E-state index contributed by atoms with van der Waals surface area (Å²) < 4.78 is 33.1. The first-order chi connectivity index (χ1) is 13.9. The van der Waals surface area contributed by atoms with Gasteiger partial charge in [-0.1, -0.05) is 54.0 Å². The molecule has 8 heteroatoms. The van der Waals surface area contributed by atoms with Crippen LogP contribution in [0, 0.1) is 0 Å². The molecule has 150 valence electrons. The monoisotopic (exact) mass is 460 g/mol. The van der Waals surface area contributed by atoms with Crippen LogP contribution in [0.15, 0.2) is 59.3 Å². The van der Waals surface area contributed by atoms with E-state index in [1.807, 2.05) is 18.2 Å². The number of alkyl halides is 2. The maximum absolute atomic E-state index is 13.0. The normalized spacial score (nSPS) is 15.8. The van der Waals surface area contributed by atoms with Crippen molar-refractivity contribution >= 4 is 27.6 Å². The standard InChI is InChI=1S/C21H19BrF2N4O/c1-12(2)13-3-5-14(6-4-13)17-10-18(28-21(27-17)25-11-26-28)16-9-15(22)7-8-19(16)29-20(23)24/h3-12,18,20H,1-2H3,(H,25,26,27)/t18-/m1/s1. The highest BCUT2D eigenvalue weighted by Gasteiger charge is 2.27. The predicted molar refractivity (Wildman–Crippen MR) is 111 cm³/mol. The maximum Gasteiger partial charge on any atom is 0.387 e. The van der Waals surface area contributed by atoms with E-state index in [4.69, 9.17) is 4.74 Å². The molecule has 0 unspecified atom stereocenters. The molecule has 0 bridgehead atoms. The molecule has 1 N–H and O–H groups in total. The van der Waals surface area contributed by atoms with E-state index in [1.54, 1.807) is 16.8 Å². The molecule has 0 fully saturated rings. The van der Waals surface area contributed by atoms with Crippen LogP contribution in [0.3, 0.4) is 0 Å². The zero-order valence-electron chi connectivity index (χ0n) is 15.8. The van der Waals surface area contributed by atoms with Gasteiger partial charge in [0.1, 0.15) is 18.1 Å². The molecule has 0 spiro atoms. The van der Waals surface area contributed by atoms with Gasteiger partial charge in [0.25, 0.3) is 0 Å². The van der Waals surface area contributed by atoms with Crippen LogP contribution in [-0.2, 0) is 0 Å². The predicted octanol–water partition coefficient (Wildman–Crippen LogP) is 5.82. The van der Waals surface area contributed by atoms with E-state index in [-0.39, 0.29) is 5.75 Å². The molecule has 0 saturated carbocycles. The van der Waals surface area contributed by atoms with Gasteiger partial charge in [0.05, 0.1) is 0 Å². The Kier molecular flexibility index (Phi) is 5.36. The zero-order chi connectivity index (χ0) is 20.5. The van der Waals surface area contributed by atoms with Crippen molar-refractivity contribution in [3.63, 3.8) is 0 Å². The molecule has 29 heavy (non-hydrogen) atoms. The number of halogens is 3. The van der Waals surface area contributed by atoms with Crippen LogP contribution in [0.5, 0.6) is 5.75 Å². The highest BCUT2D eigenvalue weighted by atomic mass is 79.9. The minimum Gasteiger partial charge on any atom is -0.434 e. The maximum atomic E-state index is 13.0. The first-order valence-corrected chi connectivity index (χ1v) is 9.94. The molecule has 2 aromatic carbocycles. The first kappa shape index (κ1) is 19.6. The number of hydrogen-bond donors (Lipinski definition) is 1. The smallest absolute Gasteiger partial charge is 0.387 e. The average molecular weight is 461 g/mol. The van der Waals surface area contributed by atoms with Crippen LogP contribution < -0.4 is 10.1 Å². The number of allylic oxidation sites excluding steroid dienone is 1. The van der Waals surface area contributed by atoms with E-state index in [0.717, 1.165) is 15.7 Å². The number of anilines is 1. The quantitative estimate of drug-likeness (QED) is 0.520. The van der Waals surface area contributed by atoms with Crippen LogP contribution in [0.2, 0.25) is 0 Å². The van der Waals surface area contributed by atoms with Crippen molar-refractivity contribution in [3.8, 4) is 5.75 Å². The summed E-state index contributed by atoms with van der Waals surface area (Å²) >= 11 is 3.42. The third kappa shape index (κ3) is 4.03. The molecule has 2 heterocycles. The van der Waals surface area contributed by atoms with E-state index < -0.39 is 12.7 Å². The molecule has 1 atom stereocenters. The van der Waals surface area contributed by atoms with E-state index in [1.165, 1.54) is 18.0 Å². The zero-order valence-corrected chi connectivity index (χ0v) is 17.4. The molecule has 1 aliphatic heterocycles. The summed E-state index contributed by atoms with van der Waals surface area (Å²) in [6.45, 7) is 1.37. The van der Waals surface area contributed by atoms with Crippen LogP contribution in [0.25, 0.3) is 5.70 Å². The molecule has 1 aliphatic rings. The summed E-state index contributed by atoms with van der Waals surface area (Å²) in [6.07, 6.45) is 3.37. The molecular formula is C21H19BrF2N4O. The number of nitrogens with one attached hydrogen (secondary N) is 1. The van der Waals surface area contributed by atoms with Crippen molar-refractivity contribution in [3.05, 3.63) is 76.0 Å². The Balaban J connectivity index is 1.79. The molecule has 3 aromatic rings. The lowest BCUT2D eigenvalue weighted by Gasteiger charge is -2.26. The van der Waals surface area contributed by atoms with E-state index in [2.05, 4.69) is 57.3 Å². The minimum absolute atomic E-state index is 0.0994. The number of fused-ring (bicyclic) bond motifs is 1. The molecule has 0 aliphatic carbocycles. The third-order valence-corrected chi connectivity index (χ3v) is 5.30. The second kappa shape index (κ2) is 7.94. The van der Waals surface area contributed by atoms with Crippen molar-refractivity contribution in [2.24, 2.45) is 0 Å². The van der Waals surface area contributed by atoms with Gasteiger partial charge in [-0.2, -0.15) is 18.9 Å². The van der Waals surface area contributed by atoms with Crippen LogP contribution >= 0.6 is 15.9 Å². The average Bonchev–Trinajstić information content (AvgIpc) is 3.17. The van der Waals surface area contributed by atoms with Gasteiger partial charge in [0.15, 0.2) is 0 Å². The Morgan fingerprint density at radius 1 is 1.14 bits per heavy atom. The largest absolute Gasteiger partial charge is 0.434 e. The number of ether oxygens (including phenoxy) is 1. The second-order valence-electron chi connectivity index (χ2n) is 7.02. The van der Waals surface area contributed by atoms with Gasteiger partial charge in [-0.25, -0.2) is 4.68 Å². The molecular weight excluding hydrogens is 442 g/mol. The highest BCUT2D eigenvalue weighted by molar-refractivity contribution is 9.10. The van der Waals surface area contributed by atoms with Gasteiger partial charge < -0.3 is 10.1 Å². The number of nitrogens with zero attached hydrogens (tertiary/aromatic N) is 3. The van der Waals surface area contributed by atoms with Crippen molar-refractivity contribution < 1.29 is 13.5 Å². The fourth-order valence-corrected chi connectivity index (χ4v) is 3.70. The third-order valence-electron chi connectivity index (χ3n) is 4.80. The summed E-state index contributed by atoms with van der Waals surface area (Å²) in [5, 5.41) is 7.54. The molecule has 0 amide bonds. The molecule has 0 radical (unpaired) electrons. The van der Waals surface area contributed by atoms with E-state index >= 15 is 0 Å². The second-order valence-corrected chi connectivity index (χ2v) is 7.93. The van der Waals surface area contributed by atoms with Crippen molar-refractivity contribution in [2.45, 2.75) is 32.4 Å². The molecule has 0 saturated heterocycles. The Morgan fingerprint density at radius 3 is 2.59 bits per heavy atom. The number of hydrogen-bond acceptors (Lipinski definition) is 4. The topological polar surface area (TPSA) is 52.0 Å².